The van der Waals surface area contributed by atoms with E-state index < -0.39 is 0 Å². The second-order valence-corrected chi connectivity index (χ2v) is 5.24. The molecule has 1 N–H and O–H groups in total. The largest absolute Gasteiger partial charge is 0.480 e. The summed E-state index contributed by atoms with van der Waals surface area (Å²) in [5.74, 6) is 0.487. The van der Waals surface area contributed by atoms with Crippen LogP contribution < -0.4 is 15.0 Å². The molecule has 0 saturated heterocycles. The molecule has 6 nitrogen and oxygen atoms in total. The van der Waals surface area contributed by atoms with Gasteiger partial charge in [-0.2, -0.15) is 4.98 Å². The Labute approximate surface area is 117 Å². The third-order valence-corrected chi connectivity index (χ3v) is 3.68. The fourth-order valence-electron chi connectivity index (χ4n) is 1.45. The fourth-order valence-corrected chi connectivity index (χ4v) is 2.37. The minimum absolute atomic E-state index is 0.174. The van der Waals surface area contributed by atoms with Crippen LogP contribution in [-0.2, 0) is 16.1 Å². The molecule has 1 aromatic rings. The number of hydrogen-bond donors (Lipinski definition) is 1. The van der Waals surface area contributed by atoms with Gasteiger partial charge in [-0.25, -0.2) is 0 Å². The topological polar surface area (TPSA) is 63.7 Å². The molecule has 0 aliphatic rings. The number of methoxy groups -OCH3 is 2. The summed E-state index contributed by atoms with van der Waals surface area (Å²) in [7, 11) is 6.92. The monoisotopic (exact) mass is 287 g/mol. The molecule has 0 aromatic carbocycles. The zero-order valence-corrected chi connectivity index (χ0v) is 12.7. The van der Waals surface area contributed by atoms with Crippen molar-refractivity contribution < 1.29 is 14.3 Å². The number of rotatable bonds is 8. The van der Waals surface area contributed by atoms with E-state index in [1.54, 1.807) is 18.4 Å². The average molecular weight is 287 g/mol. The second kappa shape index (κ2) is 7.96. The van der Waals surface area contributed by atoms with Gasteiger partial charge in [-0.3, -0.25) is 4.79 Å². The van der Waals surface area contributed by atoms with Crippen molar-refractivity contribution >= 4 is 22.4 Å². The van der Waals surface area contributed by atoms with Crippen LogP contribution in [0.3, 0.4) is 0 Å². The molecule has 0 saturated carbocycles. The van der Waals surface area contributed by atoms with E-state index in [9.17, 15) is 4.79 Å². The van der Waals surface area contributed by atoms with Crippen molar-refractivity contribution in [2.75, 3.05) is 39.8 Å². The van der Waals surface area contributed by atoms with E-state index in [4.69, 9.17) is 4.74 Å². The van der Waals surface area contributed by atoms with E-state index in [1.807, 2.05) is 19.0 Å². The second-order valence-electron chi connectivity index (χ2n) is 4.18. The number of thiazole rings is 1. The van der Waals surface area contributed by atoms with E-state index in [2.05, 4.69) is 15.0 Å². The average Bonchev–Trinajstić information content (AvgIpc) is 2.81. The van der Waals surface area contributed by atoms with Crippen molar-refractivity contribution in [1.82, 2.24) is 10.3 Å². The molecule has 0 radical (unpaired) electrons. The van der Waals surface area contributed by atoms with Crippen LogP contribution in [0.1, 0.15) is 17.7 Å². The van der Waals surface area contributed by atoms with E-state index >= 15 is 0 Å². The molecule has 0 atom stereocenters. The van der Waals surface area contributed by atoms with Gasteiger partial charge in [0.1, 0.15) is 0 Å². The normalized spacial score (nSPS) is 10.3. The van der Waals surface area contributed by atoms with Gasteiger partial charge in [0.15, 0.2) is 5.13 Å². The lowest BCUT2D eigenvalue weighted by Gasteiger charge is -2.05. The van der Waals surface area contributed by atoms with Gasteiger partial charge in [0.2, 0.25) is 5.88 Å². The Balaban J connectivity index is 2.38. The van der Waals surface area contributed by atoms with Gasteiger partial charge < -0.3 is 19.7 Å². The van der Waals surface area contributed by atoms with E-state index in [0.717, 1.165) is 23.0 Å². The van der Waals surface area contributed by atoms with Crippen molar-refractivity contribution in [2.24, 2.45) is 0 Å². The van der Waals surface area contributed by atoms with Crippen molar-refractivity contribution in [3.05, 3.63) is 4.88 Å². The van der Waals surface area contributed by atoms with Crippen molar-refractivity contribution in [3.63, 3.8) is 0 Å². The Kier molecular flexibility index (Phi) is 6.58. The minimum atomic E-state index is -0.174. The first-order chi connectivity index (χ1) is 9.08. The van der Waals surface area contributed by atoms with Crippen molar-refractivity contribution in [1.29, 1.82) is 0 Å². The summed E-state index contributed by atoms with van der Waals surface area (Å²) in [6.45, 7) is 1.45. The van der Waals surface area contributed by atoms with Crippen LogP contribution in [0.15, 0.2) is 0 Å². The lowest BCUT2D eigenvalue weighted by atomic mass is 10.3. The number of aromatic nitrogens is 1. The van der Waals surface area contributed by atoms with E-state index in [-0.39, 0.29) is 5.97 Å². The number of ether oxygens (including phenoxy) is 2. The van der Waals surface area contributed by atoms with Gasteiger partial charge in [-0.05, 0) is 13.0 Å². The molecule has 1 heterocycles. The van der Waals surface area contributed by atoms with Crippen LogP contribution in [0.25, 0.3) is 0 Å². The molecule has 0 amide bonds. The maximum atomic E-state index is 10.9. The number of anilines is 1. The van der Waals surface area contributed by atoms with E-state index in [0.29, 0.717) is 18.8 Å². The van der Waals surface area contributed by atoms with Gasteiger partial charge in [0, 0.05) is 27.1 Å². The molecule has 19 heavy (non-hydrogen) atoms. The molecule has 1 aromatic heterocycles. The molecular formula is C12H21N3O3S. The lowest BCUT2D eigenvalue weighted by Crippen LogP contribution is -2.15. The first-order valence-electron chi connectivity index (χ1n) is 6.07. The highest BCUT2D eigenvalue weighted by molar-refractivity contribution is 7.15. The highest BCUT2D eigenvalue weighted by atomic mass is 32.1. The van der Waals surface area contributed by atoms with E-state index in [1.165, 1.54) is 7.11 Å². The molecule has 0 aliphatic heterocycles. The summed E-state index contributed by atoms with van der Waals surface area (Å²) in [5.41, 5.74) is 0. The van der Waals surface area contributed by atoms with Gasteiger partial charge in [-0.1, -0.05) is 11.3 Å². The number of esters is 1. The first kappa shape index (κ1) is 15.7. The molecular weight excluding hydrogens is 266 g/mol. The third kappa shape index (κ3) is 5.04. The van der Waals surface area contributed by atoms with Gasteiger partial charge in [-0.15, -0.1) is 0 Å². The first-order valence-corrected chi connectivity index (χ1v) is 6.88. The van der Waals surface area contributed by atoms with Crippen LogP contribution in [0, 0.1) is 0 Å². The number of carbonyl (C=O) groups excluding carboxylic acids is 1. The zero-order valence-electron chi connectivity index (χ0n) is 11.9. The molecule has 0 unspecified atom stereocenters. The highest BCUT2D eigenvalue weighted by Crippen LogP contribution is 2.30. The van der Waals surface area contributed by atoms with Crippen LogP contribution in [0.4, 0.5) is 5.13 Å². The van der Waals surface area contributed by atoms with Crippen LogP contribution in [0.2, 0.25) is 0 Å². The smallest absolute Gasteiger partial charge is 0.305 e. The maximum absolute atomic E-state index is 10.9. The predicted octanol–water partition coefficient (Wildman–Crippen LogP) is 1.26. The summed E-state index contributed by atoms with van der Waals surface area (Å²) in [6.07, 6.45) is 1.20. The summed E-state index contributed by atoms with van der Waals surface area (Å²) < 4.78 is 9.83. The Bertz CT molecular complexity index is 407. The van der Waals surface area contributed by atoms with Crippen molar-refractivity contribution in [3.8, 4) is 5.88 Å². The number of nitrogens with one attached hydrogen (secondary N) is 1. The summed E-state index contributed by atoms with van der Waals surface area (Å²) in [6, 6.07) is 0. The summed E-state index contributed by atoms with van der Waals surface area (Å²) in [4.78, 5) is 18.3. The Hall–Kier alpha value is -1.34. The Morgan fingerprint density at radius 1 is 1.42 bits per heavy atom. The third-order valence-electron chi connectivity index (χ3n) is 2.47. The SMILES string of the molecule is COC(=O)CCCNCc1sc(N(C)C)nc1OC. The molecule has 0 spiro atoms. The van der Waals surface area contributed by atoms with Crippen LogP contribution in [-0.4, -0.2) is 45.8 Å². The number of nitrogens with zero attached hydrogens (tertiary/aromatic N) is 2. The van der Waals surface area contributed by atoms with Gasteiger partial charge >= 0.3 is 5.97 Å². The number of hydrogen-bond acceptors (Lipinski definition) is 7. The summed E-state index contributed by atoms with van der Waals surface area (Å²) >= 11 is 1.60. The maximum Gasteiger partial charge on any atom is 0.305 e. The molecule has 0 fully saturated rings. The van der Waals surface area contributed by atoms with Crippen LogP contribution in [0.5, 0.6) is 5.88 Å². The lowest BCUT2D eigenvalue weighted by molar-refractivity contribution is -0.140. The quantitative estimate of drug-likeness (QED) is 0.574. The molecule has 0 aliphatic carbocycles. The Morgan fingerprint density at radius 2 is 2.16 bits per heavy atom. The van der Waals surface area contributed by atoms with Crippen LogP contribution >= 0.6 is 11.3 Å². The predicted molar refractivity (Wildman–Crippen MR) is 75.9 cm³/mol. The van der Waals surface area contributed by atoms with Crippen molar-refractivity contribution in [2.45, 2.75) is 19.4 Å². The number of carbonyl (C=O) groups is 1. The highest BCUT2D eigenvalue weighted by Gasteiger charge is 2.12. The fraction of sp³-hybridized carbons (Fsp3) is 0.667. The standard InChI is InChI=1S/C12H21N3O3S/c1-15(2)12-14-11(18-4)9(19-12)8-13-7-5-6-10(16)17-3/h13H,5-8H2,1-4H3. The summed E-state index contributed by atoms with van der Waals surface area (Å²) in [5, 5.41) is 4.19. The zero-order chi connectivity index (χ0) is 14.3. The molecule has 7 heteroatoms. The van der Waals surface area contributed by atoms with Gasteiger partial charge in [0.05, 0.1) is 19.1 Å². The molecule has 108 valence electrons. The van der Waals surface area contributed by atoms with Gasteiger partial charge in [0.25, 0.3) is 0 Å². The Morgan fingerprint density at radius 3 is 2.74 bits per heavy atom. The molecule has 1 rings (SSSR count). The minimum Gasteiger partial charge on any atom is -0.480 e. The molecule has 0 bridgehead atoms.